The summed E-state index contributed by atoms with van der Waals surface area (Å²) in [6, 6.07) is 7.72. The summed E-state index contributed by atoms with van der Waals surface area (Å²) in [7, 11) is -3.52. The molecule has 0 spiro atoms. The molecule has 1 aliphatic rings. The predicted molar refractivity (Wildman–Crippen MR) is 63.5 cm³/mol. The lowest BCUT2D eigenvalue weighted by Crippen LogP contribution is -2.39. The molecule has 0 heterocycles. The fraction of sp³-hybridized carbons (Fsp3) is 0.364. The highest BCUT2D eigenvalue weighted by Crippen LogP contribution is 2.27. The first-order valence-electron chi connectivity index (χ1n) is 5.37. The number of sulfonamides is 1. The summed E-state index contributed by atoms with van der Waals surface area (Å²) in [6.45, 7) is 0. The summed E-state index contributed by atoms with van der Waals surface area (Å²) in [4.78, 5) is 11.7. The zero-order valence-corrected chi connectivity index (χ0v) is 9.98. The topological polar surface area (TPSA) is 89.3 Å². The van der Waals surface area contributed by atoms with Crippen molar-refractivity contribution in [2.75, 3.05) is 0 Å². The summed E-state index contributed by atoms with van der Waals surface area (Å²) in [6.07, 6.45) is 1.23. The summed E-state index contributed by atoms with van der Waals surface area (Å²) in [5.74, 6) is -0.678. The van der Waals surface area contributed by atoms with Crippen molar-refractivity contribution in [1.82, 2.24) is 4.72 Å². The molecule has 2 rings (SSSR count). The number of carbonyl (C=O) groups excluding carboxylic acids is 1. The van der Waals surface area contributed by atoms with E-state index < -0.39 is 27.2 Å². The van der Waals surface area contributed by atoms with Crippen LogP contribution in [0.1, 0.15) is 24.4 Å². The van der Waals surface area contributed by atoms with Crippen LogP contribution in [0.25, 0.3) is 0 Å². The Bertz CT molecular complexity index is 509. The van der Waals surface area contributed by atoms with E-state index in [1.807, 2.05) is 4.72 Å². The van der Waals surface area contributed by atoms with Crippen LogP contribution in [0, 0.1) is 0 Å². The Balaban J connectivity index is 2.06. The molecule has 0 saturated heterocycles. The van der Waals surface area contributed by atoms with Crippen LogP contribution in [0.4, 0.5) is 0 Å². The van der Waals surface area contributed by atoms with Crippen LogP contribution in [0.3, 0.4) is 0 Å². The highest BCUT2D eigenvalue weighted by atomic mass is 32.2. The van der Waals surface area contributed by atoms with Gasteiger partial charge in [-0.05, 0) is 18.4 Å². The van der Waals surface area contributed by atoms with Gasteiger partial charge in [-0.3, -0.25) is 9.52 Å². The van der Waals surface area contributed by atoms with Gasteiger partial charge in [0.15, 0.2) is 0 Å². The molecule has 1 aromatic carbocycles. The molecular formula is C11H14N2O3S. The second-order valence-corrected chi connectivity index (χ2v) is 6.06. The van der Waals surface area contributed by atoms with Crippen molar-refractivity contribution in [2.24, 2.45) is 5.73 Å². The fourth-order valence-electron chi connectivity index (χ4n) is 1.48. The van der Waals surface area contributed by atoms with Crippen LogP contribution < -0.4 is 10.5 Å². The van der Waals surface area contributed by atoms with Crippen molar-refractivity contribution >= 4 is 15.9 Å². The standard InChI is InChI=1S/C11H14N2O3S/c12-10(8-4-2-1-3-5-8)11(14)13-17(15,16)9-6-7-9/h1-5,9-10H,6-7,12H2,(H,13,14)/t10-/m1/s1. The fourth-order valence-corrected chi connectivity index (χ4v) is 2.81. The quantitative estimate of drug-likeness (QED) is 0.808. The van der Waals surface area contributed by atoms with E-state index in [1.54, 1.807) is 30.3 Å². The Morgan fingerprint density at radius 3 is 2.41 bits per heavy atom. The number of hydrogen-bond donors (Lipinski definition) is 2. The number of carbonyl (C=O) groups is 1. The van der Waals surface area contributed by atoms with Gasteiger partial charge < -0.3 is 5.73 Å². The Morgan fingerprint density at radius 2 is 1.88 bits per heavy atom. The number of nitrogens with two attached hydrogens (primary N) is 1. The molecule has 1 atom stereocenters. The van der Waals surface area contributed by atoms with Crippen LogP contribution in [-0.2, 0) is 14.8 Å². The van der Waals surface area contributed by atoms with E-state index in [1.165, 1.54) is 0 Å². The number of rotatable bonds is 4. The van der Waals surface area contributed by atoms with Crippen LogP contribution in [0.15, 0.2) is 30.3 Å². The van der Waals surface area contributed by atoms with Crippen molar-refractivity contribution < 1.29 is 13.2 Å². The number of hydrogen-bond acceptors (Lipinski definition) is 4. The zero-order chi connectivity index (χ0) is 12.5. The summed E-state index contributed by atoms with van der Waals surface area (Å²) >= 11 is 0. The minimum Gasteiger partial charge on any atom is -0.316 e. The van der Waals surface area contributed by atoms with Gasteiger partial charge in [-0.2, -0.15) is 0 Å². The lowest BCUT2D eigenvalue weighted by Gasteiger charge is -2.12. The highest BCUT2D eigenvalue weighted by molar-refractivity contribution is 7.90. The first-order chi connectivity index (χ1) is 8.00. The van der Waals surface area contributed by atoms with Crippen molar-refractivity contribution in [1.29, 1.82) is 0 Å². The molecule has 1 aliphatic carbocycles. The Hall–Kier alpha value is -1.40. The second kappa shape index (κ2) is 4.46. The Kier molecular flexibility index (Phi) is 3.17. The monoisotopic (exact) mass is 254 g/mol. The molecule has 5 nitrogen and oxygen atoms in total. The molecule has 0 unspecified atom stereocenters. The molecule has 0 aromatic heterocycles. The van der Waals surface area contributed by atoms with Gasteiger partial charge in [0.25, 0.3) is 5.91 Å². The van der Waals surface area contributed by atoms with Crippen molar-refractivity contribution in [3.8, 4) is 0 Å². The van der Waals surface area contributed by atoms with Crippen molar-refractivity contribution in [3.63, 3.8) is 0 Å². The van der Waals surface area contributed by atoms with Crippen molar-refractivity contribution in [2.45, 2.75) is 24.1 Å². The molecule has 0 bridgehead atoms. The first-order valence-corrected chi connectivity index (χ1v) is 6.91. The maximum absolute atomic E-state index is 11.7. The first kappa shape index (κ1) is 12.1. The molecule has 1 amide bonds. The third-order valence-corrected chi connectivity index (χ3v) is 4.48. The summed E-state index contributed by atoms with van der Waals surface area (Å²) < 4.78 is 25.1. The maximum atomic E-state index is 11.7. The summed E-state index contributed by atoms with van der Waals surface area (Å²) in [5.41, 5.74) is 6.28. The molecule has 1 fully saturated rings. The smallest absolute Gasteiger partial charge is 0.254 e. The second-order valence-electron chi connectivity index (χ2n) is 4.10. The average molecular weight is 254 g/mol. The molecular weight excluding hydrogens is 240 g/mol. The normalized spacial score (nSPS) is 17.5. The van der Waals surface area contributed by atoms with Crippen molar-refractivity contribution in [3.05, 3.63) is 35.9 Å². The number of benzene rings is 1. The van der Waals surface area contributed by atoms with Gasteiger partial charge in [-0.25, -0.2) is 8.42 Å². The SMILES string of the molecule is N[C@@H](C(=O)NS(=O)(=O)C1CC1)c1ccccc1. The predicted octanol–water partition coefficient (Wildman–Crippen LogP) is 0.295. The molecule has 3 N–H and O–H groups in total. The van der Waals surface area contributed by atoms with E-state index in [4.69, 9.17) is 5.73 Å². The highest BCUT2D eigenvalue weighted by Gasteiger charge is 2.37. The summed E-state index contributed by atoms with van der Waals surface area (Å²) in [5, 5.41) is -0.422. The molecule has 1 saturated carbocycles. The lowest BCUT2D eigenvalue weighted by atomic mass is 10.1. The third-order valence-electron chi connectivity index (χ3n) is 2.65. The molecule has 0 radical (unpaired) electrons. The molecule has 92 valence electrons. The van der Waals surface area contributed by atoms with Gasteiger partial charge in [0.05, 0.1) is 5.25 Å². The van der Waals surface area contributed by atoms with E-state index in [9.17, 15) is 13.2 Å². The van der Waals surface area contributed by atoms with Gasteiger partial charge >= 0.3 is 0 Å². The van der Waals surface area contributed by atoms with Crippen LogP contribution in [0.5, 0.6) is 0 Å². The van der Waals surface area contributed by atoms with E-state index >= 15 is 0 Å². The minimum absolute atomic E-state index is 0.422. The van der Waals surface area contributed by atoms with Gasteiger partial charge in [0.1, 0.15) is 6.04 Å². The Morgan fingerprint density at radius 1 is 1.29 bits per heavy atom. The largest absolute Gasteiger partial charge is 0.316 e. The van der Waals surface area contributed by atoms with E-state index in [-0.39, 0.29) is 0 Å². The third kappa shape index (κ3) is 2.83. The van der Waals surface area contributed by atoms with Gasteiger partial charge in [-0.15, -0.1) is 0 Å². The van der Waals surface area contributed by atoms with E-state index in [0.717, 1.165) is 0 Å². The van der Waals surface area contributed by atoms with Crippen LogP contribution >= 0.6 is 0 Å². The average Bonchev–Trinajstić information content (AvgIpc) is 3.12. The number of nitrogens with one attached hydrogen (secondary N) is 1. The maximum Gasteiger partial charge on any atom is 0.254 e. The van der Waals surface area contributed by atoms with Crippen LogP contribution in [-0.4, -0.2) is 19.6 Å². The minimum atomic E-state index is -3.52. The van der Waals surface area contributed by atoms with E-state index in [2.05, 4.69) is 0 Å². The number of amides is 1. The lowest BCUT2D eigenvalue weighted by molar-refractivity contribution is -0.120. The molecule has 0 aliphatic heterocycles. The van der Waals surface area contributed by atoms with Gasteiger partial charge in [0, 0.05) is 0 Å². The zero-order valence-electron chi connectivity index (χ0n) is 9.17. The molecule has 1 aromatic rings. The Labute approximate surface area is 100 Å². The van der Waals surface area contributed by atoms with Gasteiger partial charge in [-0.1, -0.05) is 30.3 Å². The van der Waals surface area contributed by atoms with Gasteiger partial charge in [0.2, 0.25) is 10.0 Å². The molecule has 6 heteroatoms. The van der Waals surface area contributed by atoms with E-state index in [0.29, 0.717) is 18.4 Å². The van der Waals surface area contributed by atoms with Crippen LogP contribution in [0.2, 0.25) is 0 Å². The molecule has 17 heavy (non-hydrogen) atoms.